The van der Waals surface area contributed by atoms with Crippen molar-refractivity contribution in [1.82, 2.24) is 5.32 Å². The molecule has 3 nitrogen and oxygen atoms in total. The molecule has 2 unspecified atom stereocenters. The van der Waals surface area contributed by atoms with E-state index < -0.39 is 0 Å². The second-order valence-electron chi connectivity index (χ2n) is 4.95. The topological polar surface area (TPSA) is 24.5 Å². The highest BCUT2D eigenvalue weighted by Gasteiger charge is 2.25. The number of morpholine rings is 1. The van der Waals surface area contributed by atoms with Crippen molar-refractivity contribution in [2.75, 3.05) is 25.1 Å². The van der Waals surface area contributed by atoms with Gasteiger partial charge in [0.1, 0.15) is 0 Å². The normalized spacial score (nSPS) is 24.3. The van der Waals surface area contributed by atoms with Gasteiger partial charge in [0.15, 0.2) is 0 Å². The smallest absolute Gasteiger partial charge is 0.0723 e. The average Bonchev–Trinajstić information content (AvgIpc) is 2.33. The molecule has 1 aromatic rings. The van der Waals surface area contributed by atoms with E-state index in [0.29, 0.717) is 12.1 Å². The summed E-state index contributed by atoms with van der Waals surface area (Å²) in [6.45, 7) is 7.00. The van der Waals surface area contributed by atoms with Gasteiger partial charge in [-0.1, -0.05) is 15.9 Å². The van der Waals surface area contributed by atoms with Gasteiger partial charge in [0.2, 0.25) is 0 Å². The van der Waals surface area contributed by atoms with Gasteiger partial charge in [0.25, 0.3) is 0 Å². The van der Waals surface area contributed by atoms with Crippen LogP contribution in [0.1, 0.15) is 19.4 Å². The summed E-state index contributed by atoms with van der Waals surface area (Å²) in [6.07, 6.45) is 0.298. The van der Waals surface area contributed by atoms with Crippen LogP contribution >= 0.6 is 15.9 Å². The molecule has 2 atom stereocenters. The van der Waals surface area contributed by atoms with Gasteiger partial charge in [0, 0.05) is 29.3 Å². The van der Waals surface area contributed by atoms with Gasteiger partial charge in [-0.05, 0) is 44.7 Å². The number of hydrogen-bond acceptors (Lipinski definition) is 3. The van der Waals surface area contributed by atoms with Crippen molar-refractivity contribution in [3.05, 3.63) is 28.2 Å². The molecule has 0 aliphatic carbocycles. The molecule has 100 valence electrons. The molecule has 0 spiro atoms. The van der Waals surface area contributed by atoms with Crippen LogP contribution in [0.5, 0.6) is 0 Å². The molecule has 1 heterocycles. The van der Waals surface area contributed by atoms with E-state index >= 15 is 0 Å². The molecule has 2 rings (SSSR count). The maximum atomic E-state index is 5.70. The van der Waals surface area contributed by atoms with E-state index in [9.17, 15) is 0 Å². The van der Waals surface area contributed by atoms with Crippen LogP contribution in [0.25, 0.3) is 0 Å². The number of nitrogens with zero attached hydrogens (tertiary/aromatic N) is 1. The standard InChI is InChI=1S/C14H21BrN2O/c1-10-9-18-11(2)8-17(10)14-5-4-13(15)6-12(14)7-16-3/h4-6,10-11,16H,7-9H2,1-3H3. The summed E-state index contributed by atoms with van der Waals surface area (Å²) < 4.78 is 6.83. The van der Waals surface area contributed by atoms with E-state index in [0.717, 1.165) is 24.2 Å². The fourth-order valence-corrected chi connectivity index (χ4v) is 2.81. The summed E-state index contributed by atoms with van der Waals surface area (Å²) in [6, 6.07) is 6.93. The van der Waals surface area contributed by atoms with Crippen molar-refractivity contribution in [2.24, 2.45) is 0 Å². The number of rotatable bonds is 3. The second-order valence-corrected chi connectivity index (χ2v) is 5.86. The molecule has 0 aromatic heterocycles. The van der Waals surface area contributed by atoms with E-state index in [1.807, 2.05) is 7.05 Å². The number of hydrogen-bond donors (Lipinski definition) is 1. The largest absolute Gasteiger partial charge is 0.375 e. The van der Waals surface area contributed by atoms with Crippen molar-refractivity contribution in [2.45, 2.75) is 32.5 Å². The number of ether oxygens (including phenoxy) is 1. The Morgan fingerprint density at radius 2 is 2.22 bits per heavy atom. The highest BCUT2D eigenvalue weighted by molar-refractivity contribution is 9.10. The van der Waals surface area contributed by atoms with Gasteiger partial charge in [-0.25, -0.2) is 0 Å². The van der Waals surface area contributed by atoms with Crippen LogP contribution in [0, 0.1) is 0 Å². The van der Waals surface area contributed by atoms with Crippen molar-refractivity contribution in [3.8, 4) is 0 Å². The third-order valence-corrected chi connectivity index (χ3v) is 3.82. The Morgan fingerprint density at radius 1 is 1.44 bits per heavy atom. The van der Waals surface area contributed by atoms with E-state index in [1.165, 1.54) is 11.3 Å². The van der Waals surface area contributed by atoms with Crippen LogP contribution in [0.4, 0.5) is 5.69 Å². The molecule has 1 aliphatic rings. The number of nitrogens with one attached hydrogen (secondary N) is 1. The SMILES string of the molecule is CNCc1cc(Br)ccc1N1CC(C)OCC1C. The molecular weight excluding hydrogens is 292 g/mol. The molecule has 1 N–H and O–H groups in total. The molecule has 0 bridgehead atoms. The first-order chi connectivity index (χ1) is 8.61. The van der Waals surface area contributed by atoms with Crippen molar-refractivity contribution >= 4 is 21.6 Å². The van der Waals surface area contributed by atoms with Gasteiger partial charge in [-0.3, -0.25) is 0 Å². The Kier molecular flexibility index (Phi) is 4.65. The second kappa shape index (κ2) is 6.04. The predicted molar refractivity (Wildman–Crippen MR) is 79.1 cm³/mol. The highest BCUT2D eigenvalue weighted by atomic mass is 79.9. The van der Waals surface area contributed by atoms with Crippen LogP contribution in [0.15, 0.2) is 22.7 Å². The van der Waals surface area contributed by atoms with Crippen molar-refractivity contribution < 1.29 is 4.74 Å². The van der Waals surface area contributed by atoms with Gasteiger partial charge in [-0.15, -0.1) is 0 Å². The Morgan fingerprint density at radius 3 is 2.94 bits per heavy atom. The fourth-order valence-electron chi connectivity index (χ4n) is 2.41. The minimum Gasteiger partial charge on any atom is -0.375 e. The summed E-state index contributed by atoms with van der Waals surface area (Å²) in [4.78, 5) is 2.45. The molecule has 1 aliphatic heterocycles. The minimum atomic E-state index is 0.298. The number of anilines is 1. The van der Waals surface area contributed by atoms with Crippen LogP contribution in [0.3, 0.4) is 0 Å². The van der Waals surface area contributed by atoms with E-state index in [4.69, 9.17) is 4.74 Å². The van der Waals surface area contributed by atoms with Gasteiger partial charge in [0.05, 0.1) is 12.7 Å². The predicted octanol–water partition coefficient (Wildman–Crippen LogP) is 2.78. The maximum Gasteiger partial charge on any atom is 0.0723 e. The molecule has 1 saturated heterocycles. The van der Waals surface area contributed by atoms with Crippen LogP contribution in [0.2, 0.25) is 0 Å². The molecule has 1 fully saturated rings. The van der Waals surface area contributed by atoms with Gasteiger partial charge >= 0.3 is 0 Å². The molecule has 0 saturated carbocycles. The minimum absolute atomic E-state index is 0.298. The molecule has 0 radical (unpaired) electrons. The first-order valence-electron chi connectivity index (χ1n) is 6.43. The lowest BCUT2D eigenvalue weighted by atomic mass is 10.1. The molecule has 1 aromatic carbocycles. The summed E-state index contributed by atoms with van der Waals surface area (Å²) in [5.74, 6) is 0. The lowest BCUT2D eigenvalue weighted by Crippen LogP contribution is -2.47. The van der Waals surface area contributed by atoms with Gasteiger partial charge < -0.3 is 15.0 Å². The summed E-state index contributed by atoms with van der Waals surface area (Å²) in [5, 5.41) is 3.24. The van der Waals surface area contributed by atoms with Crippen molar-refractivity contribution in [3.63, 3.8) is 0 Å². The molecule has 4 heteroatoms. The van der Waals surface area contributed by atoms with Gasteiger partial charge in [-0.2, -0.15) is 0 Å². The van der Waals surface area contributed by atoms with E-state index in [-0.39, 0.29) is 0 Å². The fraction of sp³-hybridized carbons (Fsp3) is 0.571. The summed E-state index contributed by atoms with van der Waals surface area (Å²) in [7, 11) is 1.98. The Labute approximate surface area is 118 Å². The first kappa shape index (κ1) is 13.8. The maximum absolute atomic E-state index is 5.70. The van der Waals surface area contributed by atoms with Crippen LogP contribution in [-0.2, 0) is 11.3 Å². The third kappa shape index (κ3) is 3.05. The summed E-state index contributed by atoms with van der Waals surface area (Å²) in [5.41, 5.74) is 2.64. The Hall–Kier alpha value is -0.580. The zero-order valence-electron chi connectivity index (χ0n) is 11.2. The Balaban J connectivity index is 2.30. The number of halogens is 1. The van der Waals surface area contributed by atoms with Crippen LogP contribution in [-0.4, -0.2) is 32.3 Å². The average molecular weight is 313 g/mol. The Bertz CT molecular complexity index is 411. The lowest BCUT2D eigenvalue weighted by Gasteiger charge is -2.39. The lowest BCUT2D eigenvalue weighted by molar-refractivity contribution is 0.0343. The molecular formula is C14H21BrN2O. The molecule has 0 amide bonds. The summed E-state index contributed by atoms with van der Waals surface area (Å²) >= 11 is 3.55. The molecule has 18 heavy (non-hydrogen) atoms. The number of benzene rings is 1. The van der Waals surface area contributed by atoms with Crippen LogP contribution < -0.4 is 10.2 Å². The monoisotopic (exact) mass is 312 g/mol. The first-order valence-corrected chi connectivity index (χ1v) is 7.22. The highest BCUT2D eigenvalue weighted by Crippen LogP contribution is 2.28. The quantitative estimate of drug-likeness (QED) is 0.929. The van der Waals surface area contributed by atoms with E-state index in [2.05, 4.69) is 58.2 Å². The zero-order valence-corrected chi connectivity index (χ0v) is 12.8. The third-order valence-electron chi connectivity index (χ3n) is 3.33. The van der Waals surface area contributed by atoms with Crippen molar-refractivity contribution in [1.29, 1.82) is 0 Å². The van der Waals surface area contributed by atoms with E-state index in [1.54, 1.807) is 0 Å². The zero-order chi connectivity index (χ0) is 13.1.